The molecular weight excluding hydrogens is 380 g/mol. The van der Waals surface area contributed by atoms with Gasteiger partial charge in [0, 0.05) is 29.1 Å². The fourth-order valence-corrected chi connectivity index (χ4v) is 3.18. The van der Waals surface area contributed by atoms with Crippen LogP contribution in [0.15, 0.2) is 59.7 Å². The summed E-state index contributed by atoms with van der Waals surface area (Å²) < 4.78 is 0. The van der Waals surface area contributed by atoms with Crippen molar-refractivity contribution >= 4 is 40.2 Å². The second-order valence-corrected chi connectivity index (χ2v) is 6.14. The van der Waals surface area contributed by atoms with Crippen LogP contribution < -0.4 is 0 Å². The molecule has 0 fully saturated rings. The molecule has 3 aromatic rings. The molecular formula is C19H10N4O6. The van der Waals surface area contributed by atoms with E-state index in [1.54, 1.807) is 0 Å². The molecule has 0 spiro atoms. The molecule has 10 heteroatoms. The van der Waals surface area contributed by atoms with Crippen LogP contribution in [0.25, 0.3) is 10.8 Å². The first-order valence-corrected chi connectivity index (χ1v) is 8.26. The minimum atomic E-state index is -0.740. The van der Waals surface area contributed by atoms with Crippen molar-refractivity contribution in [1.29, 1.82) is 0 Å². The van der Waals surface area contributed by atoms with Crippen LogP contribution in [0.5, 0.6) is 0 Å². The number of carbonyl (C=O) groups excluding carboxylic acids is 2. The van der Waals surface area contributed by atoms with Crippen LogP contribution in [0.2, 0.25) is 0 Å². The molecule has 142 valence electrons. The largest absolute Gasteiger partial charge is 0.282 e. The molecule has 0 unspecified atom stereocenters. The van der Waals surface area contributed by atoms with E-state index in [-0.39, 0.29) is 33.3 Å². The number of rotatable bonds is 4. The molecule has 1 heterocycles. The van der Waals surface area contributed by atoms with E-state index in [2.05, 4.69) is 5.10 Å². The van der Waals surface area contributed by atoms with Crippen molar-refractivity contribution in [3.05, 3.63) is 91.5 Å². The number of hydrogen-bond acceptors (Lipinski definition) is 7. The maximum absolute atomic E-state index is 12.8. The zero-order chi connectivity index (χ0) is 20.7. The summed E-state index contributed by atoms with van der Waals surface area (Å²) in [6.45, 7) is 0. The van der Waals surface area contributed by atoms with Crippen molar-refractivity contribution < 1.29 is 19.4 Å². The first-order chi connectivity index (χ1) is 13.9. The van der Waals surface area contributed by atoms with Gasteiger partial charge in [-0.2, -0.15) is 10.1 Å². The second kappa shape index (κ2) is 6.60. The van der Waals surface area contributed by atoms with Gasteiger partial charge < -0.3 is 0 Å². The maximum atomic E-state index is 12.8. The van der Waals surface area contributed by atoms with Crippen LogP contribution in [-0.4, -0.2) is 32.9 Å². The highest BCUT2D eigenvalue weighted by molar-refractivity contribution is 6.26. The average Bonchev–Trinajstić information content (AvgIpc) is 2.71. The summed E-state index contributed by atoms with van der Waals surface area (Å²) >= 11 is 0. The predicted octanol–water partition coefficient (Wildman–Crippen LogP) is 3.29. The Morgan fingerprint density at radius 2 is 1.55 bits per heavy atom. The Bertz CT molecular complexity index is 1240. The van der Waals surface area contributed by atoms with Crippen molar-refractivity contribution in [2.24, 2.45) is 5.10 Å². The highest BCUT2D eigenvalue weighted by Gasteiger charge is 2.34. The summed E-state index contributed by atoms with van der Waals surface area (Å²) in [6.07, 6.45) is 1.17. The van der Waals surface area contributed by atoms with Crippen LogP contribution in [0.3, 0.4) is 0 Å². The average molecular weight is 390 g/mol. The highest BCUT2D eigenvalue weighted by atomic mass is 16.6. The molecule has 2 amide bonds. The molecule has 0 saturated heterocycles. The third-order valence-corrected chi connectivity index (χ3v) is 4.46. The van der Waals surface area contributed by atoms with Crippen LogP contribution >= 0.6 is 0 Å². The monoisotopic (exact) mass is 390 g/mol. The van der Waals surface area contributed by atoms with Gasteiger partial charge in [-0.25, -0.2) is 0 Å². The normalized spacial score (nSPS) is 13.3. The van der Waals surface area contributed by atoms with Crippen LogP contribution in [-0.2, 0) is 0 Å². The van der Waals surface area contributed by atoms with E-state index in [1.807, 2.05) is 0 Å². The summed E-state index contributed by atoms with van der Waals surface area (Å²) in [5, 5.41) is 27.1. The number of imide groups is 1. The Kier molecular flexibility index (Phi) is 4.08. The lowest BCUT2D eigenvalue weighted by Gasteiger charge is -2.22. The topological polar surface area (TPSA) is 136 Å². The molecule has 0 aliphatic carbocycles. The van der Waals surface area contributed by atoms with E-state index in [0.29, 0.717) is 10.6 Å². The number of hydrogen-bond donors (Lipinski definition) is 0. The van der Waals surface area contributed by atoms with Crippen LogP contribution in [0.1, 0.15) is 26.3 Å². The number of benzene rings is 3. The van der Waals surface area contributed by atoms with E-state index in [0.717, 1.165) is 0 Å². The Hall–Kier alpha value is -4.47. The lowest BCUT2D eigenvalue weighted by atomic mass is 9.94. The Labute approximate surface area is 162 Å². The lowest BCUT2D eigenvalue weighted by molar-refractivity contribution is -0.384. The molecule has 10 nitrogen and oxygen atoms in total. The number of carbonyl (C=O) groups is 2. The SMILES string of the molecule is O=C1c2cccc3c([N+](=O)[O-])ccc(c23)C(=O)N1/N=C\c1cccc([N+](=O)[O-])c1. The van der Waals surface area contributed by atoms with Crippen LogP contribution in [0, 0.1) is 20.2 Å². The molecule has 0 aromatic heterocycles. The third-order valence-electron chi connectivity index (χ3n) is 4.46. The number of amides is 2. The van der Waals surface area contributed by atoms with Gasteiger partial charge in [0.1, 0.15) is 0 Å². The summed E-state index contributed by atoms with van der Waals surface area (Å²) in [5.41, 5.74) is 0.175. The Balaban J connectivity index is 1.79. The molecule has 1 aliphatic rings. The van der Waals surface area contributed by atoms with Gasteiger partial charge in [-0.15, -0.1) is 0 Å². The van der Waals surface area contributed by atoms with Gasteiger partial charge in [0.05, 0.1) is 32.6 Å². The van der Waals surface area contributed by atoms with Crippen LogP contribution in [0.4, 0.5) is 11.4 Å². The van der Waals surface area contributed by atoms with E-state index in [4.69, 9.17) is 0 Å². The number of non-ortho nitro benzene ring substituents is 2. The molecule has 4 rings (SSSR count). The summed E-state index contributed by atoms with van der Waals surface area (Å²) in [5.74, 6) is -1.48. The van der Waals surface area contributed by atoms with Crippen molar-refractivity contribution in [3.8, 4) is 0 Å². The zero-order valence-electron chi connectivity index (χ0n) is 14.5. The summed E-state index contributed by atoms with van der Waals surface area (Å²) in [7, 11) is 0. The molecule has 0 atom stereocenters. The number of nitro benzene ring substituents is 2. The van der Waals surface area contributed by atoms with Gasteiger partial charge in [0.15, 0.2) is 0 Å². The van der Waals surface area contributed by atoms with Crippen molar-refractivity contribution in [2.45, 2.75) is 0 Å². The summed E-state index contributed by atoms with van der Waals surface area (Å²) in [6, 6.07) is 12.5. The maximum Gasteiger partial charge on any atom is 0.282 e. The molecule has 29 heavy (non-hydrogen) atoms. The van der Waals surface area contributed by atoms with Gasteiger partial charge >= 0.3 is 0 Å². The standard InChI is InChI=1S/C19H10N4O6/c24-18-14-6-2-5-13-16(23(28)29)8-7-15(17(13)14)19(25)21(18)20-10-11-3-1-4-12(9-11)22(26)27/h1-10H/b20-10-. The minimum Gasteiger partial charge on any atom is -0.267 e. The first-order valence-electron chi connectivity index (χ1n) is 8.26. The van der Waals surface area contributed by atoms with E-state index >= 15 is 0 Å². The van der Waals surface area contributed by atoms with E-state index < -0.39 is 21.7 Å². The van der Waals surface area contributed by atoms with Gasteiger partial charge in [-0.1, -0.05) is 18.2 Å². The van der Waals surface area contributed by atoms with Crippen molar-refractivity contribution in [1.82, 2.24) is 5.01 Å². The molecule has 3 aromatic carbocycles. The second-order valence-electron chi connectivity index (χ2n) is 6.14. The quantitative estimate of drug-likeness (QED) is 0.290. The smallest absolute Gasteiger partial charge is 0.267 e. The first kappa shape index (κ1) is 17.9. The molecule has 0 radical (unpaired) electrons. The van der Waals surface area contributed by atoms with Crippen molar-refractivity contribution in [3.63, 3.8) is 0 Å². The summed E-state index contributed by atoms with van der Waals surface area (Å²) in [4.78, 5) is 46.6. The van der Waals surface area contributed by atoms with Gasteiger partial charge in [-0.05, 0) is 18.2 Å². The zero-order valence-corrected chi connectivity index (χ0v) is 14.5. The van der Waals surface area contributed by atoms with Gasteiger partial charge in [0.25, 0.3) is 23.2 Å². The Morgan fingerprint density at radius 3 is 2.24 bits per heavy atom. The Morgan fingerprint density at radius 1 is 0.862 bits per heavy atom. The molecule has 0 N–H and O–H groups in total. The highest BCUT2D eigenvalue weighted by Crippen LogP contribution is 2.35. The fraction of sp³-hybridized carbons (Fsp3) is 0. The number of nitrogens with zero attached hydrogens (tertiary/aromatic N) is 4. The van der Waals surface area contributed by atoms with E-state index in [9.17, 15) is 29.8 Å². The predicted molar refractivity (Wildman–Crippen MR) is 102 cm³/mol. The number of nitro groups is 2. The minimum absolute atomic E-state index is 0.108. The van der Waals surface area contributed by atoms with E-state index in [1.165, 1.54) is 60.8 Å². The fourth-order valence-electron chi connectivity index (χ4n) is 3.18. The van der Waals surface area contributed by atoms with Gasteiger partial charge in [0.2, 0.25) is 0 Å². The lowest BCUT2D eigenvalue weighted by Crippen LogP contribution is -2.36. The third kappa shape index (κ3) is 2.88. The molecule has 1 aliphatic heterocycles. The number of hydrazone groups is 1. The molecule has 0 bridgehead atoms. The molecule has 0 saturated carbocycles. The van der Waals surface area contributed by atoms with Crippen molar-refractivity contribution in [2.75, 3.05) is 0 Å². The van der Waals surface area contributed by atoms with Gasteiger partial charge in [-0.3, -0.25) is 29.8 Å².